The lowest BCUT2D eigenvalue weighted by Crippen LogP contribution is -2.58. The van der Waals surface area contributed by atoms with Crippen molar-refractivity contribution in [3.63, 3.8) is 0 Å². The summed E-state index contributed by atoms with van der Waals surface area (Å²) in [5, 5.41) is 0.419. The van der Waals surface area contributed by atoms with Gasteiger partial charge in [0.25, 0.3) is 0 Å². The number of fused-ring (bicyclic) bond motifs is 6. The Morgan fingerprint density at radius 3 is 2.47 bits per heavy atom. The van der Waals surface area contributed by atoms with Crippen LogP contribution in [0.25, 0.3) is 0 Å². The van der Waals surface area contributed by atoms with Gasteiger partial charge in [0, 0.05) is 30.9 Å². The molecule has 4 aliphatic carbocycles. The fourth-order valence-electron chi connectivity index (χ4n) is 8.57. The van der Waals surface area contributed by atoms with Gasteiger partial charge in [-0.3, -0.25) is 14.4 Å². The van der Waals surface area contributed by atoms with Crippen LogP contribution in [-0.4, -0.2) is 34.0 Å². The van der Waals surface area contributed by atoms with Crippen LogP contribution in [0.5, 0.6) is 0 Å². The van der Waals surface area contributed by atoms with Crippen molar-refractivity contribution in [2.45, 2.75) is 102 Å². The molecule has 1 aliphatic heterocycles. The molecule has 0 radical (unpaired) electrons. The third-order valence-corrected chi connectivity index (χ3v) is 11.2. The van der Waals surface area contributed by atoms with E-state index in [0.717, 1.165) is 51.4 Å². The van der Waals surface area contributed by atoms with Crippen LogP contribution in [0.1, 0.15) is 85.5 Å². The Balaban J connectivity index is 1.51. The lowest BCUT2D eigenvalue weighted by Gasteiger charge is -2.61. The van der Waals surface area contributed by atoms with Crippen molar-refractivity contribution in [2.24, 2.45) is 28.6 Å². The number of carbonyl (C=O) groups is 3. The summed E-state index contributed by atoms with van der Waals surface area (Å²) in [5.74, 6) is 1.19. The average molecular weight is 461 g/mol. The zero-order chi connectivity index (χ0) is 22.9. The number of hydrogen-bond acceptors (Lipinski definition) is 6. The van der Waals surface area contributed by atoms with Crippen LogP contribution in [0.2, 0.25) is 0 Å². The standard InChI is InChI=1S/C26H36O5S/c1-15(27)30-18-5-9-24(3)17(13-18)14-21(32-16(2)28)23-19(24)6-10-25(4)20(23)7-11-26(25)12-8-22(29)31-26/h13,18-21,23H,5-12,14H2,1-4H3/t18-,19+,20+,21+,23+,24-,25-,26+/m0/s1. The number of esters is 2. The largest absolute Gasteiger partial charge is 0.458 e. The highest BCUT2D eigenvalue weighted by atomic mass is 32.2. The second kappa shape index (κ2) is 7.61. The van der Waals surface area contributed by atoms with E-state index < -0.39 is 0 Å². The molecule has 8 atom stereocenters. The molecule has 5 aliphatic rings. The van der Waals surface area contributed by atoms with Gasteiger partial charge in [0.05, 0.1) is 0 Å². The summed E-state index contributed by atoms with van der Waals surface area (Å²) in [4.78, 5) is 36.0. The average Bonchev–Trinajstić information content (AvgIpc) is 3.22. The highest BCUT2D eigenvalue weighted by molar-refractivity contribution is 8.14. The topological polar surface area (TPSA) is 69.7 Å². The van der Waals surface area contributed by atoms with Crippen molar-refractivity contribution in [3.05, 3.63) is 11.6 Å². The van der Waals surface area contributed by atoms with Gasteiger partial charge in [0.1, 0.15) is 11.7 Å². The normalized spacial score (nSPS) is 47.2. The maximum Gasteiger partial charge on any atom is 0.306 e. The summed E-state index contributed by atoms with van der Waals surface area (Å²) in [7, 11) is 0. The Kier molecular flexibility index (Phi) is 5.35. The molecular weight excluding hydrogens is 424 g/mol. The molecule has 0 unspecified atom stereocenters. The second-order valence-corrected chi connectivity index (χ2v) is 12.8. The smallest absolute Gasteiger partial charge is 0.306 e. The summed E-state index contributed by atoms with van der Waals surface area (Å²) < 4.78 is 11.6. The first-order chi connectivity index (χ1) is 15.1. The van der Waals surface area contributed by atoms with Gasteiger partial charge in [-0.05, 0) is 80.6 Å². The van der Waals surface area contributed by atoms with E-state index in [-0.39, 0.29) is 44.8 Å². The predicted octanol–water partition coefficient (Wildman–Crippen LogP) is 5.21. The van der Waals surface area contributed by atoms with Crippen molar-refractivity contribution in [3.8, 4) is 0 Å². The molecule has 0 N–H and O–H groups in total. The van der Waals surface area contributed by atoms with Crippen molar-refractivity contribution >= 4 is 28.8 Å². The fourth-order valence-corrected chi connectivity index (χ4v) is 9.80. The molecule has 5 nitrogen and oxygen atoms in total. The first-order valence-electron chi connectivity index (χ1n) is 12.4. The molecule has 0 aromatic heterocycles. The van der Waals surface area contributed by atoms with E-state index in [9.17, 15) is 14.4 Å². The monoisotopic (exact) mass is 460 g/mol. The molecule has 1 spiro atoms. The third-order valence-electron chi connectivity index (χ3n) is 10.0. The number of thioether (sulfide) groups is 1. The van der Waals surface area contributed by atoms with Crippen LogP contribution in [0.15, 0.2) is 11.6 Å². The van der Waals surface area contributed by atoms with Gasteiger partial charge < -0.3 is 9.47 Å². The lowest BCUT2D eigenvalue weighted by molar-refractivity contribution is -0.167. The number of allylic oxidation sites excluding steroid dienone is 1. The van der Waals surface area contributed by atoms with Crippen LogP contribution >= 0.6 is 11.8 Å². The Labute approximate surface area is 195 Å². The number of hydrogen-bond donors (Lipinski definition) is 0. The van der Waals surface area contributed by atoms with Gasteiger partial charge in [-0.1, -0.05) is 31.2 Å². The molecule has 0 aromatic carbocycles. The molecule has 1 saturated heterocycles. The Hall–Kier alpha value is -1.30. The molecule has 5 rings (SSSR count). The van der Waals surface area contributed by atoms with E-state index in [1.165, 1.54) is 24.3 Å². The van der Waals surface area contributed by atoms with Crippen LogP contribution < -0.4 is 0 Å². The summed E-state index contributed by atoms with van der Waals surface area (Å²) in [6.07, 6.45) is 10.5. The quantitative estimate of drug-likeness (QED) is 0.416. The highest BCUT2D eigenvalue weighted by Crippen LogP contribution is 2.70. The van der Waals surface area contributed by atoms with Crippen molar-refractivity contribution < 1.29 is 23.9 Å². The van der Waals surface area contributed by atoms with Gasteiger partial charge in [0.15, 0.2) is 5.12 Å². The third kappa shape index (κ3) is 3.22. The minimum absolute atomic E-state index is 0.00243. The maximum atomic E-state index is 12.3. The van der Waals surface area contributed by atoms with Crippen LogP contribution in [0, 0.1) is 28.6 Å². The van der Waals surface area contributed by atoms with Crippen molar-refractivity contribution in [1.82, 2.24) is 0 Å². The van der Waals surface area contributed by atoms with E-state index in [4.69, 9.17) is 9.47 Å². The lowest BCUT2D eigenvalue weighted by atomic mass is 9.46. The Bertz CT molecular complexity index is 881. The summed E-state index contributed by atoms with van der Waals surface area (Å²) >= 11 is 1.51. The van der Waals surface area contributed by atoms with Gasteiger partial charge in [-0.15, -0.1) is 0 Å². The number of rotatable bonds is 2. The Morgan fingerprint density at radius 2 is 1.81 bits per heavy atom. The molecular formula is C26H36O5S. The molecule has 32 heavy (non-hydrogen) atoms. The van der Waals surface area contributed by atoms with Crippen LogP contribution in [0.3, 0.4) is 0 Å². The minimum atomic E-state index is -0.296. The molecule has 0 bridgehead atoms. The molecule has 3 saturated carbocycles. The van der Waals surface area contributed by atoms with E-state index in [0.29, 0.717) is 24.2 Å². The molecule has 6 heteroatoms. The minimum Gasteiger partial charge on any atom is -0.458 e. The summed E-state index contributed by atoms with van der Waals surface area (Å²) in [5.41, 5.74) is 1.19. The number of carbonyl (C=O) groups excluding carboxylic acids is 3. The van der Waals surface area contributed by atoms with Crippen molar-refractivity contribution in [2.75, 3.05) is 0 Å². The van der Waals surface area contributed by atoms with Gasteiger partial charge >= 0.3 is 11.9 Å². The van der Waals surface area contributed by atoms with Crippen molar-refractivity contribution in [1.29, 1.82) is 0 Å². The summed E-state index contributed by atoms with van der Waals surface area (Å²) in [6.45, 7) is 7.95. The van der Waals surface area contributed by atoms with Crippen LogP contribution in [-0.2, 0) is 23.9 Å². The van der Waals surface area contributed by atoms with E-state index in [1.807, 2.05) is 0 Å². The first-order valence-corrected chi connectivity index (χ1v) is 13.2. The molecule has 0 aromatic rings. The summed E-state index contributed by atoms with van der Waals surface area (Å²) in [6, 6.07) is 0. The zero-order valence-electron chi connectivity index (χ0n) is 19.8. The van der Waals surface area contributed by atoms with Crippen LogP contribution in [0.4, 0.5) is 0 Å². The highest BCUT2D eigenvalue weighted by Gasteiger charge is 2.68. The molecule has 1 heterocycles. The molecule has 176 valence electrons. The number of ether oxygens (including phenoxy) is 2. The maximum absolute atomic E-state index is 12.3. The SMILES string of the molecule is CC(=O)O[C@@H]1C=C2C[C@@H](SC(C)=O)[C@@H]3[C@@H](CC[C@@]4(C)[C@@H]3CC[C@@]43CCC(=O)O3)[C@@]2(C)CC1. The predicted molar refractivity (Wildman–Crippen MR) is 123 cm³/mol. The van der Waals surface area contributed by atoms with E-state index >= 15 is 0 Å². The zero-order valence-corrected chi connectivity index (χ0v) is 20.6. The molecule has 4 fully saturated rings. The van der Waals surface area contributed by atoms with E-state index in [1.54, 1.807) is 6.92 Å². The first kappa shape index (κ1) is 22.5. The molecule has 0 amide bonds. The van der Waals surface area contributed by atoms with Gasteiger partial charge in [-0.2, -0.15) is 0 Å². The van der Waals surface area contributed by atoms with Gasteiger partial charge in [0.2, 0.25) is 0 Å². The second-order valence-electron chi connectivity index (χ2n) is 11.4. The van der Waals surface area contributed by atoms with Gasteiger partial charge in [-0.25, -0.2) is 0 Å². The fraction of sp³-hybridized carbons (Fsp3) is 0.808. The Morgan fingerprint density at radius 1 is 1.06 bits per heavy atom. The van der Waals surface area contributed by atoms with E-state index in [2.05, 4.69) is 19.9 Å².